The van der Waals surface area contributed by atoms with Gasteiger partial charge in [0.25, 0.3) is 0 Å². The van der Waals surface area contributed by atoms with Crippen molar-refractivity contribution in [3.05, 3.63) is 35.0 Å². The largest absolute Gasteiger partial charge is 0.206 e. The van der Waals surface area contributed by atoms with Crippen LogP contribution in [0.15, 0.2) is 23.6 Å². The molecular weight excluding hydrogens is 185 g/mol. The number of fused-ring (bicyclic) bond motifs is 1. The van der Waals surface area contributed by atoms with Crippen molar-refractivity contribution >= 4 is 21.4 Å². The Morgan fingerprint density at radius 2 is 2.08 bits per heavy atom. The third kappa shape index (κ3) is 1.41. The Balaban J connectivity index is 0.000000845. The molecule has 13 heavy (non-hydrogen) atoms. The van der Waals surface area contributed by atoms with Crippen LogP contribution in [0.3, 0.4) is 0 Å². The summed E-state index contributed by atoms with van der Waals surface area (Å²) in [6.07, 6.45) is 0. The van der Waals surface area contributed by atoms with E-state index in [2.05, 4.69) is 0 Å². The smallest absolute Gasteiger partial charge is 0.131 e. The van der Waals surface area contributed by atoms with Crippen molar-refractivity contribution in [1.82, 2.24) is 0 Å². The van der Waals surface area contributed by atoms with E-state index in [1.54, 1.807) is 11.4 Å². The zero-order chi connectivity index (χ0) is 8.55. The van der Waals surface area contributed by atoms with Crippen molar-refractivity contribution in [2.45, 2.75) is 7.43 Å². The predicted octanol–water partition coefficient (Wildman–Crippen LogP) is 3.55. The van der Waals surface area contributed by atoms with E-state index >= 15 is 0 Å². The third-order valence-corrected chi connectivity index (χ3v) is 2.63. The first kappa shape index (κ1) is 9.69. The van der Waals surface area contributed by atoms with Crippen LogP contribution in [-0.2, 0) is 0 Å². The molecule has 0 aliphatic heterocycles. The van der Waals surface area contributed by atoms with Gasteiger partial charge in [-0.3, -0.25) is 0 Å². The number of halogens is 1. The summed E-state index contributed by atoms with van der Waals surface area (Å²) in [7, 11) is 0. The highest BCUT2D eigenvalue weighted by molar-refractivity contribution is 7.17. The summed E-state index contributed by atoms with van der Waals surface area (Å²) in [5.41, 5.74) is 0.543. The van der Waals surface area contributed by atoms with Gasteiger partial charge in [0.15, 0.2) is 0 Å². The Kier molecular flexibility index (Phi) is 2.64. The molecule has 0 bridgehead atoms. The molecule has 0 aliphatic carbocycles. The lowest BCUT2D eigenvalue weighted by atomic mass is 10.2. The first-order valence-electron chi connectivity index (χ1n) is 3.39. The normalized spacial score (nSPS) is 9.23. The van der Waals surface area contributed by atoms with Crippen LogP contribution in [0.25, 0.3) is 10.1 Å². The molecule has 0 saturated heterocycles. The Hall–Kier alpha value is -1.40. The van der Waals surface area contributed by atoms with Gasteiger partial charge in [0.2, 0.25) is 0 Å². The number of nitrogens with zero attached hydrogens (tertiary/aromatic N) is 1. The van der Waals surface area contributed by atoms with E-state index in [1.807, 2.05) is 6.07 Å². The summed E-state index contributed by atoms with van der Waals surface area (Å²) in [6, 6.07) is 6.55. The van der Waals surface area contributed by atoms with Gasteiger partial charge in [-0.2, -0.15) is 5.26 Å². The fraction of sp³-hybridized carbons (Fsp3) is 0.100. The van der Waals surface area contributed by atoms with E-state index < -0.39 is 0 Å². The fourth-order valence-electron chi connectivity index (χ4n) is 1.12. The van der Waals surface area contributed by atoms with Gasteiger partial charge in [0.1, 0.15) is 11.9 Å². The lowest BCUT2D eigenvalue weighted by Crippen LogP contribution is -1.78. The van der Waals surface area contributed by atoms with Gasteiger partial charge in [-0.05, 0) is 23.6 Å². The van der Waals surface area contributed by atoms with E-state index in [4.69, 9.17) is 5.26 Å². The first-order valence-corrected chi connectivity index (χ1v) is 4.26. The first-order chi connectivity index (χ1) is 5.83. The van der Waals surface area contributed by atoms with Crippen molar-refractivity contribution in [2.75, 3.05) is 0 Å². The van der Waals surface area contributed by atoms with E-state index in [1.165, 1.54) is 23.5 Å². The number of thiophene rings is 1. The van der Waals surface area contributed by atoms with E-state index in [0.29, 0.717) is 10.9 Å². The zero-order valence-corrected chi connectivity index (χ0v) is 6.86. The molecule has 3 heteroatoms. The molecule has 0 radical (unpaired) electrons. The monoisotopic (exact) mass is 193 g/mol. The molecule has 0 aliphatic rings. The second-order valence-corrected chi connectivity index (χ2v) is 3.29. The molecule has 1 nitrogen and oxygen atoms in total. The molecule has 0 fully saturated rings. The minimum absolute atomic E-state index is 0. The molecule has 0 amide bonds. The zero-order valence-electron chi connectivity index (χ0n) is 6.04. The summed E-state index contributed by atoms with van der Waals surface area (Å²) in [5.74, 6) is -0.259. The Labute approximate surface area is 80.0 Å². The Morgan fingerprint density at radius 1 is 1.31 bits per heavy atom. The molecule has 0 spiro atoms. The highest BCUT2D eigenvalue weighted by atomic mass is 32.1. The van der Waals surface area contributed by atoms with Gasteiger partial charge < -0.3 is 0 Å². The minimum atomic E-state index is -0.259. The summed E-state index contributed by atoms with van der Waals surface area (Å²) in [6.45, 7) is 0. The number of rotatable bonds is 0. The molecule has 66 valence electrons. The average molecular weight is 193 g/mol. The fourth-order valence-corrected chi connectivity index (χ4v) is 1.99. The van der Waals surface area contributed by atoms with E-state index in [-0.39, 0.29) is 13.2 Å². The maximum atomic E-state index is 13.0. The van der Waals surface area contributed by atoms with E-state index in [9.17, 15) is 4.39 Å². The van der Waals surface area contributed by atoms with Crippen molar-refractivity contribution < 1.29 is 4.39 Å². The molecule has 1 aromatic carbocycles. The van der Waals surface area contributed by atoms with Gasteiger partial charge in [-0.25, -0.2) is 4.39 Å². The molecule has 0 saturated carbocycles. The molecule has 0 unspecified atom stereocenters. The molecule has 0 atom stereocenters. The highest BCUT2D eigenvalue weighted by Gasteiger charge is 2.05. The van der Waals surface area contributed by atoms with Gasteiger partial charge in [0.05, 0.1) is 10.3 Å². The lowest BCUT2D eigenvalue weighted by Gasteiger charge is -1.93. The minimum Gasteiger partial charge on any atom is -0.206 e. The molecule has 1 heterocycles. The van der Waals surface area contributed by atoms with Crippen LogP contribution in [0.5, 0.6) is 0 Å². The summed E-state index contributed by atoms with van der Waals surface area (Å²) in [4.78, 5) is 0. The van der Waals surface area contributed by atoms with Crippen molar-refractivity contribution in [2.24, 2.45) is 0 Å². The van der Waals surface area contributed by atoms with Crippen LogP contribution in [0, 0.1) is 17.1 Å². The van der Waals surface area contributed by atoms with Crippen LogP contribution >= 0.6 is 11.3 Å². The van der Waals surface area contributed by atoms with Crippen molar-refractivity contribution in [3.63, 3.8) is 0 Å². The summed E-state index contributed by atoms with van der Waals surface area (Å²) in [5, 5.41) is 11.0. The molecule has 1 aromatic heterocycles. The third-order valence-electron chi connectivity index (χ3n) is 1.68. The van der Waals surface area contributed by atoms with Gasteiger partial charge in [0, 0.05) is 5.39 Å². The molecule has 0 N–H and O–H groups in total. The van der Waals surface area contributed by atoms with E-state index in [0.717, 1.165) is 4.70 Å². The van der Waals surface area contributed by atoms with Gasteiger partial charge in [-0.15, -0.1) is 11.3 Å². The van der Waals surface area contributed by atoms with Crippen LogP contribution in [0.4, 0.5) is 4.39 Å². The van der Waals surface area contributed by atoms with Crippen LogP contribution in [-0.4, -0.2) is 0 Å². The van der Waals surface area contributed by atoms with Gasteiger partial charge in [-0.1, -0.05) is 7.43 Å². The molecular formula is C10H8FNS. The molecule has 2 rings (SSSR count). The van der Waals surface area contributed by atoms with Crippen LogP contribution in [0.1, 0.15) is 13.0 Å². The van der Waals surface area contributed by atoms with Crippen LogP contribution in [0.2, 0.25) is 0 Å². The number of hydrogen-bond acceptors (Lipinski definition) is 2. The van der Waals surface area contributed by atoms with Crippen LogP contribution < -0.4 is 0 Å². The standard InChI is InChI=1S/C9H4FNS.CH4/c10-8-2-1-6(5-11)9-7(8)3-4-12-9;/h1-4H;1H4. The number of benzene rings is 1. The number of hydrogen-bond donors (Lipinski definition) is 0. The maximum Gasteiger partial charge on any atom is 0.131 e. The summed E-state index contributed by atoms with van der Waals surface area (Å²) < 4.78 is 13.8. The SMILES string of the molecule is C.N#Cc1ccc(F)c2ccsc12. The maximum absolute atomic E-state index is 13.0. The quantitative estimate of drug-likeness (QED) is 0.627. The molecule has 2 aromatic rings. The van der Waals surface area contributed by atoms with Gasteiger partial charge >= 0.3 is 0 Å². The highest BCUT2D eigenvalue weighted by Crippen LogP contribution is 2.26. The number of nitriles is 1. The topological polar surface area (TPSA) is 23.8 Å². The lowest BCUT2D eigenvalue weighted by molar-refractivity contribution is 0.640. The second-order valence-electron chi connectivity index (χ2n) is 2.37. The Bertz CT molecular complexity index is 467. The summed E-state index contributed by atoms with van der Waals surface area (Å²) >= 11 is 1.39. The van der Waals surface area contributed by atoms with Crippen molar-refractivity contribution in [3.8, 4) is 6.07 Å². The average Bonchev–Trinajstić information content (AvgIpc) is 2.54. The predicted molar refractivity (Wildman–Crippen MR) is 53.2 cm³/mol. The van der Waals surface area contributed by atoms with Crippen molar-refractivity contribution in [1.29, 1.82) is 5.26 Å². The second kappa shape index (κ2) is 3.55. The Morgan fingerprint density at radius 3 is 2.77 bits per heavy atom.